The second kappa shape index (κ2) is 8.15. The van der Waals surface area contributed by atoms with Crippen molar-refractivity contribution >= 4 is 17.7 Å². The summed E-state index contributed by atoms with van der Waals surface area (Å²) in [6.45, 7) is 4.16. The minimum absolute atomic E-state index is 0.0928. The number of thioether (sulfide) groups is 1. The van der Waals surface area contributed by atoms with Gasteiger partial charge in [-0.15, -0.1) is 10.2 Å². The van der Waals surface area contributed by atoms with Gasteiger partial charge in [-0.25, -0.2) is 0 Å². The molecule has 4 bridgehead atoms. The van der Waals surface area contributed by atoms with Crippen LogP contribution in [0.1, 0.15) is 51.3 Å². The van der Waals surface area contributed by atoms with E-state index in [1.807, 2.05) is 35.8 Å². The van der Waals surface area contributed by atoms with Gasteiger partial charge in [0.15, 0.2) is 5.16 Å². The summed E-state index contributed by atoms with van der Waals surface area (Å²) in [6, 6.07) is 8.05. The van der Waals surface area contributed by atoms with Gasteiger partial charge in [0.05, 0.1) is 12.9 Å². The van der Waals surface area contributed by atoms with Crippen LogP contribution in [0.3, 0.4) is 0 Å². The Labute approximate surface area is 188 Å². The third-order valence-electron chi connectivity index (χ3n) is 7.84. The summed E-state index contributed by atoms with van der Waals surface area (Å²) in [6.07, 6.45) is 8.19. The number of methoxy groups -OCH3 is 1. The number of nitrogens with one attached hydrogen (secondary N) is 1. The van der Waals surface area contributed by atoms with Gasteiger partial charge < -0.3 is 10.1 Å². The number of carbonyl (C=O) groups is 1. The monoisotopic (exact) mass is 440 g/mol. The zero-order valence-corrected chi connectivity index (χ0v) is 19.5. The van der Waals surface area contributed by atoms with Gasteiger partial charge in [0.25, 0.3) is 0 Å². The highest BCUT2D eigenvalue weighted by Crippen LogP contribution is 2.61. The fourth-order valence-electron chi connectivity index (χ4n) is 6.74. The normalized spacial score (nSPS) is 29.7. The van der Waals surface area contributed by atoms with Crippen molar-refractivity contribution in [3.05, 3.63) is 30.1 Å². The van der Waals surface area contributed by atoms with Crippen LogP contribution in [0, 0.1) is 30.1 Å². The average molecular weight is 441 g/mol. The van der Waals surface area contributed by atoms with E-state index < -0.39 is 0 Å². The maximum absolute atomic E-state index is 12.9. The predicted octanol–water partition coefficient (Wildman–Crippen LogP) is 4.40. The second-order valence-electron chi connectivity index (χ2n) is 9.92. The number of hydrogen-bond acceptors (Lipinski definition) is 5. The Bertz CT molecular complexity index is 920. The molecule has 1 atom stereocenters. The molecule has 1 N–H and O–H groups in total. The maximum atomic E-state index is 12.9. The molecule has 7 heteroatoms. The maximum Gasteiger partial charge on any atom is 0.230 e. The molecule has 0 aliphatic heterocycles. The number of benzene rings is 1. The number of rotatable bonds is 7. The Balaban J connectivity index is 1.22. The molecule has 2 aromatic rings. The third-order valence-corrected chi connectivity index (χ3v) is 8.77. The van der Waals surface area contributed by atoms with Crippen LogP contribution >= 0.6 is 11.8 Å². The highest BCUT2D eigenvalue weighted by atomic mass is 32.2. The summed E-state index contributed by atoms with van der Waals surface area (Å²) < 4.78 is 7.24. The Hall–Kier alpha value is -2.02. The molecular weight excluding hydrogens is 408 g/mol. The van der Waals surface area contributed by atoms with Crippen LogP contribution in [0.5, 0.6) is 5.75 Å². The smallest absolute Gasteiger partial charge is 0.230 e. The number of amides is 1. The molecule has 0 spiro atoms. The molecule has 6 rings (SSSR count). The first-order valence-electron chi connectivity index (χ1n) is 11.4. The van der Waals surface area contributed by atoms with Crippen molar-refractivity contribution in [2.75, 3.05) is 12.9 Å². The molecule has 166 valence electrons. The van der Waals surface area contributed by atoms with Crippen molar-refractivity contribution in [3.63, 3.8) is 0 Å². The van der Waals surface area contributed by atoms with E-state index in [0.717, 1.165) is 40.2 Å². The minimum Gasteiger partial charge on any atom is -0.497 e. The van der Waals surface area contributed by atoms with Gasteiger partial charge in [-0.1, -0.05) is 11.8 Å². The van der Waals surface area contributed by atoms with Gasteiger partial charge in [0, 0.05) is 11.7 Å². The van der Waals surface area contributed by atoms with Crippen LogP contribution in [-0.2, 0) is 4.79 Å². The number of aryl methyl sites for hydroxylation is 1. The molecule has 1 amide bonds. The number of aromatic nitrogens is 3. The van der Waals surface area contributed by atoms with E-state index in [2.05, 4.69) is 22.4 Å². The average Bonchev–Trinajstić information content (AvgIpc) is 3.11. The summed E-state index contributed by atoms with van der Waals surface area (Å²) in [5.74, 6) is 4.74. The number of nitrogens with zero attached hydrogens (tertiary/aromatic N) is 3. The predicted molar refractivity (Wildman–Crippen MR) is 122 cm³/mol. The number of carbonyl (C=O) groups excluding carboxylic acids is 1. The molecule has 4 saturated carbocycles. The van der Waals surface area contributed by atoms with E-state index in [-0.39, 0.29) is 11.9 Å². The van der Waals surface area contributed by atoms with Crippen LogP contribution < -0.4 is 10.1 Å². The molecule has 31 heavy (non-hydrogen) atoms. The van der Waals surface area contributed by atoms with E-state index in [1.54, 1.807) is 7.11 Å². The van der Waals surface area contributed by atoms with Gasteiger partial charge in [-0.05, 0) is 99.8 Å². The second-order valence-corrected chi connectivity index (χ2v) is 10.9. The van der Waals surface area contributed by atoms with Crippen LogP contribution in [0.15, 0.2) is 29.4 Å². The first-order chi connectivity index (χ1) is 15.0. The summed E-state index contributed by atoms with van der Waals surface area (Å²) in [5, 5.41) is 12.6. The Kier molecular flexibility index (Phi) is 5.49. The van der Waals surface area contributed by atoms with Gasteiger partial charge >= 0.3 is 0 Å². The van der Waals surface area contributed by atoms with Gasteiger partial charge in [-0.2, -0.15) is 0 Å². The SMILES string of the molecule is COc1ccc(-n2c(C)nnc2SCC(=O)NC(C)C23CC4CC(CC(C4)C2)C3)cc1. The molecular formula is C24H32N4O2S. The highest BCUT2D eigenvalue weighted by Gasteiger charge is 2.53. The van der Waals surface area contributed by atoms with Crippen molar-refractivity contribution < 1.29 is 9.53 Å². The molecule has 0 saturated heterocycles. The highest BCUT2D eigenvalue weighted by molar-refractivity contribution is 7.99. The molecule has 1 unspecified atom stereocenters. The molecule has 1 aromatic carbocycles. The zero-order chi connectivity index (χ0) is 21.6. The van der Waals surface area contributed by atoms with Gasteiger partial charge in [0.1, 0.15) is 11.6 Å². The number of ether oxygens (including phenoxy) is 1. The first-order valence-corrected chi connectivity index (χ1v) is 12.4. The third kappa shape index (κ3) is 3.97. The van der Waals surface area contributed by atoms with Crippen LogP contribution in [-0.4, -0.2) is 39.6 Å². The Morgan fingerprint density at radius 3 is 2.35 bits per heavy atom. The fourth-order valence-corrected chi connectivity index (χ4v) is 7.55. The lowest BCUT2D eigenvalue weighted by Gasteiger charge is -2.59. The van der Waals surface area contributed by atoms with Crippen molar-refractivity contribution in [1.29, 1.82) is 0 Å². The van der Waals surface area contributed by atoms with E-state index in [0.29, 0.717) is 11.2 Å². The summed E-state index contributed by atoms with van der Waals surface area (Å²) in [4.78, 5) is 12.9. The molecule has 4 aliphatic rings. The van der Waals surface area contributed by atoms with Crippen LogP contribution in [0.25, 0.3) is 5.69 Å². The Morgan fingerprint density at radius 2 is 1.77 bits per heavy atom. The summed E-state index contributed by atoms with van der Waals surface area (Å²) >= 11 is 1.45. The van der Waals surface area contributed by atoms with Crippen LogP contribution in [0.4, 0.5) is 0 Å². The molecule has 6 nitrogen and oxygen atoms in total. The van der Waals surface area contributed by atoms with Crippen molar-refractivity contribution in [3.8, 4) is 11.4 Å². The van der Waals surface area contributed by atoms with E-state index in [9.17, 15) is 4.79 Å². The first kappa shape index (κ1) is 20.9. The van der Waals surface area contributed by atoms with Crippen molar-refractivity contribution in [2.24, 2.45) is 23.2 Å². The lowest BCUT2D eigenvalue weighted by atomic mass is 9.48. The Morgan fingerprint density at radius 1 is 1.16 bits per heavy atom. The van der Waals surface area contributed by atoms with Crippen molar-refractivity contribution in [1.82, 2.24) is 20.1 Å². The van der Waals surface area contributed by atoms with Crippen molar-refractivity contribution in [2.45, 2.75) is 63.6 Å². The standard InChI is InChI=1S/C24H32N4O2S/c1-15(24-11-17-8-18(12-24)10-19(9-17)13-24)25-22(29)14-31-23-27-26-16(2)28(23)20-4-6-21(30-3)7-5-20/h4-7,15,17-19H,8-14H2,1-3H3,(H,25,29). The largest absolute Gasteiger partial charge is 0.497 e. The lowest BCUT2D eigenvalue weighted by Crippen LogP contribution is -2.56. The zero-order valence-electron chi connectivity index (χ0n) is 18.6. The van der Waals surface area contributed by atoms with Gasteiger partial charge in [-0.3, -0.25) is 9.36 Å². The molecule has 4 aliphatic carbocycles. The van der Waals surface area contributed by atoms with E-state index in [4.69, 9.17) is 4.74 Å². The molecule has 4 fully saturated rings. The van der Waals surface area contributed by atoms with Crippen LogP contribution in [0.2, 0.25) is 0 Å². The quantitative estimate of drug-likeness (QED) is 0.647. The van der Waals surface area contributed by atoms with Gasteiger partial charge in [0.2, 0.25) is 5.91 Å². The lowest BCUT2D eigenvalue weighted by molar-refractivity contribution is -0.123. The number of hydrogen-bond donors (Lipinski definition) is 1. The molecule has 1 heterocycles. The molecule has 0 radical (unpaired) electrons. The molecule has 1 aromatic heterocycles. The topological polar surface area (TPSA) is 69.0 Å². The minimum atomic E-state index is 0.0928. The summed E-state index contributed by atoms with van der Waals surface area (Å²) in [7, 11) is 1.66. The van der Waals surface area contributed by atoms with E-state index >= 15 is 0 Å². The van der Waals surface area contributed by atoms with E-state index in [1.165, 1.54) is 50.3 Å². The fraction of sp³-hybridized carbons (Fsp3) is 0.625. The summed E-state index contributed by atoms with van der Waals surface area (Å²) in [5.41, 5.74) is 1.29.